The van der Waals surface area contributed by atoms with Crippen LogP contribution in [0.25, 0.3) is 10.9 Å². The average Bonchev–Trinajstić information content (AvgIpc) is 3.21. The molecule has 0 unspecified atom stereocenters. The number of hydrogen-bond acceptors (Lipinski definition) is 7. The van der Waals surface area contributed by atoms with E-state index in [1.54, 1.807) is 39.5 Å². The van der Waals surface area contributed by atoms with Crippen LogP contribution in [0.1, 0.15) is 15.5 Å². The van der Waals surface area contributed by atoms with Crippen molar-refractivity contribution in [1.82, 2.24) is 15.2 Å². The number of rotatable bonds is 6. The Balaban J connectivity index is 1.89. The Labute approximate surface area is 141 Å². The molecule has 0 spiro atoms. The Morgan fingerprint density at radius 3 is 2.67 bits per heavy atom. The minimum absolute atomic E-state index is 0.324. The van der Waals surface area contributed by atoms with E-state index >= 15 is 0 Å². The third kappa shape index (κ3) is 3.03. The molecule has 1 aromatic carbocycles. The zero-order chi connectivity index (χ0) is 17.1. The Morgan fingerprint density at radius 2 is 1.96 bits per heavy atom. The number of H-pyrrole nitrogens is 1. The maximum Gasteiger partial charge on any atom is 0.273 e. The summed E-state index contributed by atoms with van der Waals surface area (Å²) >= 11 is 1.26. The summed E-state index contributed by atoms with van der Waals surface area (Å²) < 4.78 is 15.6. The number of ether oxygens (including phenoxy) is 3. The molecule has 0 saturated heterocycles. The highest BCUT2D eigenvalue weighted by molar-refractivity contribution is 7.15. The van der Waals surface area contributed by atoms with Crippen molar-refractivity contribution in [2.45, 2.75) is 6.61 Å². The molecule has 0 atom stereocenters. The number of aromatic nitrogens is 3. The lowest BCUT2D eigenvalue weighted by molar-refractivity contribution is 0.102. The van der Waals surface area contributed by atoms with E-state index < -0.39 is 0 Å². The fourth-order valence-electron chi connectivity index (χ4n) is 2.29. The van der Waals surface area contributed by atoms with Gasteiger partial charge in [0, 0.05) is 12.5 Å². The molecular formula is C15H16N4O4S. The normalized spacial score (nSPS) is 10.8. The molecule has 2 aromatic heterocycles. The second kappa shape index (κ2) is 6.85. The van der Waals surface area contributed by atoms with E-state index in [0.29, 0.717) is 39.5 Å². The number of carbonyl (C=O) groups excluding carboxylic acids is 1. The number of anilines is 1. The molecule has 126 valence electrons. The van der Waals surface area contributed by atoms with Crippen molar-refractivity contribution in [2.24, 2.45) is 0 Å². The molecule has 3 rings (SSSR count). The molecule has 8 nitrogen and oxygen atoms in total. The topological polar surface area (TPSA) is 98.4 Å². The van der Waals surface area contributed by atoms with Crippen molar-refractivity contribution >= 4 is 33.3 Å². The van der Waals surface area contributed by atoms with Crippen molar-refractivity contribution in [3.05, 3.63) is 28.9 Å². The molecule has 2 N–H and O–H groups in total. The highest BCUT2D eigenvalue weighted by Gasteiger charge is 2.16. The molecule has 0 saturated carbocycles. The van der Waals surface area contributed by atoms with Crippen molar-refractivity contribution in [2.75, 3.05) is 26.6 Å². The number of nitrogens with zero attached hydrogens (tertiary/aromatic N) is 2. The highest BCUT2D eigenvalue weighted by Crippen LogP contribution is 2.33. The van der Waals surface area contributed by atoms with Crippen molar-refractivity contribution in [3.8, 4) is 11.5 Å². The van der Waals surface area contributed by atoms with Gasteiger partial charge in [-0.15, -0.1) is 10.2 Å². The van der Waals surface area contributed by atoms with Crippen LogP contribution in [-0.2, 0) is 11.3 Å². The van der Waals surface area contributed by atoms with E-state index in [1.807, 2.05) is 0 Å². The van der Waals surface area contributed by atoms with E-state index in [4.69, 9.17) is 14.2 Å². The first-order chi connectivity index (χ1) is 11.7. The highest BCUT2D eigenvalue weighted by atomic mass is 32.1. The van der Waals surface area contributed by atoms with Gasteiger partial charge in [-0.2, -0.15) is 0 Å². The SMILES string of the molecule is COCc1nnc(NC(=O)c2cc3c(OC)ccc(OC)c3[nH]2)s1. The third-order valence-corrected chi connectivity index (χ3v) is 4.17. The van der Waals surface area contributed by atoms with E-state index in [2.05, 4.69) is 20.5 Å². The summed E-state index contributed by atoms with van der Waals surface area (Å²) in [5.74, 6) is 0.956. The first kappa shape index (κ1) is 16.2. The molecule has 0 aliphatic carbocycles. The summed E-state index contributed by atoms with van der Waals surface area (Å²) in [6, 6.07) is 5.28. The molecule has 0 aliphatic heterocycles. The standard InChI is InChI=1S/C15H16N4O4S/c1-21-7-12-18-19-15(24-12)17-14(20)9-6-8-10(22-2)4-5-11(23-3)13(8)16-9/h4-6,16H,7H2,1-3H3,(H,17,19,20). The predicted molar refractivity (Wildman–Crippen MR) is 90.0 cm³/mol. The summed E-state index contributed by atoms with van der Waals surface area (Å²) in [4.78, 5) is 15.5. The summed E-state index contributed by atoms with van der Waals surface area (Å²) in [5.41, 5.74) is 1.07. The second-order valence-corrected chi connectivity index (χ2v) is 5.89. The number of amides is 1. The van der Waals surface area contributed by atoms with Crippen LogP contribution < -0.4 is 14.8 Å². The summed E-state index contributed by atoms with van der Waals surface area (Å²) in [5, 5.41) is 12.4. The lowest BCUT2D eigenvalue weighted by Crippen LogP contribution is -2.11. The minimum Gasteiger partial charge on any atom is -0.496 e. The lowest BCUT2D eigenvalue weighted by atomic mass is 10.2. The average molecular weight is 348 g/mol. The van der Waals surface area contributed by atoms with Crippen LogP contribution in [0.2, 0.25) is 0 Å². The van der Waals surface area contributed by atoms with Crippen LogP contribution in [-0.4, -0.2) is 42.4 Å². The van der Waals surface area contributed by atoms with Crippen LogP contribution in [0, 0.1) is 0 Å². The smallest absolute Gasteiger partial charge is 0.273 e. The Morgan fingerprint density at radius 1 is 1.21 bits per heavy atom. The number of hydrogen-bond donors (Lipinski definition) is 2. The lowest BCUT2D eigenvalue weighted by Gasteiger charge is -2.05. The molecule has 0 aliphatic rings. The van der Waals surface area contributed by atoms with Crippen molar-refractivity contribution < 1.29 is 19.0 Å². The quantitative estimate of drug-likeness (QED) is 0.710. The molecule has 0 bridgehead atoms. The molecule has 9 heteroatoms. The fraction of sp³-hybridized carbons (Fsp3) is 0.267. The number of methoxy groups -OCH3 is 3. The van der Waals surface area contributed by atoms with Crippen molar-refractivity contribution in [1.29, 1.82) is 0 Å². The van der Waals surface area contributed by atoms with Crippen LogP contribution in [0.4, 0.5) is 5.13 Å². The van der Waals surface area contributed by atoms with E-state index in [1.165, 1.54) is 11.3 Å². The van der Waals surface area contributed by atoms with Gasteiger partial charge in [-0.05, 0) is 18.2 Å². The van der Waals surface area contributed by atoms with Gasteiger partial charge < -0.3 is 19.2 Å². The van der Waals surface area contributed by atoms with Crippen LogP contribution >= 0.6 is 11.3 Å². The summed E-state index contributed by atoms with van der Waals surface area (Å²) in [6.07, 6.45) is 0. The Kier molecular flexibility index (Phi) is 4.63. The first-order valence-electron chi connectivity index (χ1n) is 7.02. The molecule has 1 amide bonds. The fourth-order valence-corrected chi connectivity index (χ4v) is 3.00. The van der Waals surface area contributed by atoms with E-state index in [9.17, 15) is 4.79 Å². The van der Waals surface area contributed by atoms with Gasteiger partial charge in [0.2, 0.25) is 5.13 Å². The minimum atomic E-state index is -0.324. The maximum atomic E-state index is 12.4. The zero-order valence-electron chi connectivity index (χ0n) is 13.4. The number of aromatic amines is 1. The maximum absolute atomic E-state index is 12.4. The largest absolute Gasteiger partial charge is 0.496 e. The number of benzene rings is 1. The molecule has 0 radical (unpaired) electrons. The van der Waals surface area contributed by atoms with Crippen molar-refractivity contribution in [3.63, 3.8) is 0 Å². The number of fused-ring (bicyclic) bond motifs is 1. The summed E-state index contributed by atoms with van der Waals surface area (Å²) in [7, 11) is 4.72. The van der Waals surface area contributed by atoms with E-state index in [-0.39, 0.29) is 5.91 Å². The van der Waals surface area contributed by atoms with E-state index in [0.717, 1.165) is 5.39 Å². The molecule has 3 aromatic rings. The van der Waals surface area contributed by atoms with Crippen LogP contribution in [0.3, 0.4) is 0 Å². The number of carbonyl (C=O) groups is 1. The molecular weight excluding hydrogens is 332 g/mol. The Bertz CT molecular complexity index is 833. The van der Waals surface area contributed by atoms with Gasteiger partial charge in [0.1, 0.15) is 28.8 Å². The van der Waals surface area contributed by atoms with Gasteiger partial charge in [-0.3, -0.25) is 10.1 Å². The van der Waals surface area contributed by atoms with Gasteiger partial charge in [0.15, 0.2) is 0 Å². The van der Waals surface area contributed by atoms with Crippen LogP contribution in [0.15, 0.2) is 18.2 Å². The van der Waals surface area contributed by atoms with Gasteiger partial charge in [0.25, 0.3) is 5.91 Å². The van der Waals surface area contributed by atoms with Gasteiger partial charge >= 0.3 is 0 Å². The molecule has 2 heterocycles. The van der Waals surface area contributed by atoms with Gasteiger partial charge in [-0.25, -0.2) is 0 Å². The predicted octanol–water partition coefficient (Wildman–Crippen LogP) is 2.44. The van der Waals surface area contributed by atoms with Gasteiger partial charge in [-0.1, -0.05) is 11.3 Å². The molecule has 24 heavy (non-hydrogen) atoms. The first-order valence-corrected chi connectivity index (χ1v) is 7.84. The second-order valence-electron chi connectivity index (χ2n) is 4.83. The monoisotopic (exact) mass is 348 g/mol. The zero-order valence-corrected chi connectivity index (χ0v) is 14.2. The van der Waals surface area contributed by atoms with Gasteiger partial charge in [0.05, 0.1) is 19.7 Å². The van der Waals surface area contributed by atoms with Crippen LogP contribution in [0.5, 0.6) is 11.5 Å². The number of nitrogens with one attached hydrogen (secondary N) is 2. The Hall–Kier alpha value is -2.65. The summed E-state index contributed by atoms with van der Waals surface area (Å²) in [6.45, 7) is 0.355. The molecule has 0 fully saturated rings. The third-order valence-electron chi connectivity index (χ3n) is 3.36.